The molecule has 1 aromatic carbocycles. The number of phenols is 1. The molecule has 4 heteroatoms. The molecular formula is C14H20N2O2. The Labute approximate surface area is 108 Å². The molecule has 2 rings (SSSR count). The van der Waals surface area contributed by atoms with Gasteiger partial charge in [0.15, 0.2) is 0 Å². The molecule has 1 aliphatic heterocycles. The molecule has 0 unspecified atom stereocenters. The van der Waals surface area contributed by atoms with E-state index in [9.17, 15) is 4.79 Å². The second-order valence-electron chi connectivity index (χ2n) is 4.70. The number of hydrogen-bond donors (Lipinski definition) is 2. The summed E-state index contributed by atoms with van der Waals surface area (Å²) in [5.41, 5.74) is 1.12. The molecule has 1 fully saturated rings. The molecule has 0 spiro atoms. The molecule has 0 atom stereocenters. The zero-order valence-corrected chi connectivity index (χ0v) is 10.6. The van der Waals surface area contributed by atoms with E-state index < -0.39 is 0 Å². The van der Waals surface area contributed by atoms with Crippen LogP contribution in [-0.2, 0) is 6.42 Å². The zero-order valence-electron chi connectivity index (χ0n) is 10.6. The Bertz CT molecular complexity index is 383. The minimum absolute atomic E-state index is 0.0495. The van der Waals surface area contributed by atoms with Crippen molar-refractivity contribution in [1.82, 2.24) is 10.2 Å². The number of urea groups is 1. The fourth-order valence-corrected chi connectivity index (χ4v) is 2.19. The van der Waals surface area contributed by atoms with Crippen LogP contribution in [0.25, 0.3) is 0 Å². The number of aromatic hydroxyl groups is 1. The van der Waals surface area contributed by atoms with Crippen molar-refractivity contribution in [2.75, 3.05) is 19.6 Å². The van der Waals surface area contributed by atoms with Gasteiger partial charge in [-0.25, -0.2) is 4.79 Å². The molecule has 1 aromatic rings. The maximum atomic E-state index is 11.8. The largest absolute Gasteiger partial charge is 0.508 e. The van der Waals surface area contributed by atoms with E-state index in [2.05, 4.69) is 5.32 Å². The molecule has 0 aromatic heterocycles. The molecule has 0 bridgehead atoms. The Balaban J connectivity index is 1.71. The summed E-state index contributed by atoms with van der Waals surface area (Å²) in [5, 5.41) is 12.1. The monoisotopic (exact) mass is 248 g/mol. The number of carbonyl (C=O) groups is 1. The van der Waals surface area contributed by atoms with Crippen LogP contribution >= 0.6 is 0 Å². The molecule has 0 aliphatic carbocycles. The minimum Gasteiger partial charge on any atom is -0.508 e. The van der Waals surface area contributed by atoms with Gasteiger partial charge in [0, 0.05) is 19.6 Å². The van der Waals surface area contributed by atoms with E-state index in [1.807, 2.05) is 17.0 Å². The van der Waals surface area contributed by atoms with Crippen molar-refractivity contribution in [2.24, 2.45) is 0 Å². The van der Waals surface area contributed by atoms with Crippen LogP contribution in [-0.4, -0.2) is 35.7 Å². The summed E-state index contributed by atoms with van der Waals surface area (Å²) in [7, 11) is 0. The Hall–Kier alpha value is -1.71. The summed E-state index contributed by atoms with van der Waals surface area (Å²) in [6.07, 6.45) is 4.26. The first-order chi connectivity index (χ1) is 8.75. The van der Waals surface area contributed by atoms with E-state index in [0.29, 0.717) is 6.54 Å². The SMILES string of the molecule is O=C(NCCc1ccc(O)cc1)N1CCCCC1. The summed E-state index contributed by atoms with van der Waals surface area (Å²) < 4.78 is 0. The summed E-state index contributed by atoms with van der Waals surface area (Å²) in [4.78, 5) is 13.7. The fraction of sp³-hybridized carbons (Fsp3) is 0.500. The van der Waals surface area contributed by atoms with Gasteiger partial charge in [-0.2, -0.15) is 0 Å². The Morgan fingerprint density at radius 1 is 1.17 bits per heavy atom. The van der Waals surface area contributed by atoms with Gasteiger partial charge in [-0.1, -0.05) is 12.1 Å². The molecule has 1 aliphatic rings. The Morgan fingerprint density at radius 2 is 1.83 bits per heavy atom. The lowest BCUT2D eigenvalue weighted by atomic mass is 10.1. The maximum absolute atomic E-state index is 11.8. The number of piperidine rings is 1. The molecular weight excluding hydrogens is 228 g/mol. The normalized spacial score (nSPS) is 15.4. The van der Waals surface area contributed by atoms with Gasteiger partial charge < -0.3 is 15.3 Å². The number of phenolic OH excluding ortho intramolecular Hbond substituents is 1. The number of rotatable bonds is 3. The lowest BCUT2D eigenvalue weighted by Crippen LogP contribution is -2.43. The van der Waals surface area contributed by atoms with E-state index in [1.165, 1.54) is 6.42 Å². The first-order valence-electron chi connectivity index (χ1n) is 6.56. The zero-order chi connectivity index (χ0) is 12.8. The summed E-state index contributed by atoms with van der Waals surface area (Å²) in [6.45, 7) is 2.40. The summed E-state index contributed by atoms with van der Waals surface area (Å²) in [6, 6.07) is 7.14. The van der Waals surface area contributed by atoms with Crippen LogP contribution in [0.4, 0.5) is 4.79 Å². The molecule has 2 amide bonds. The van der Waals surface area contributed by atoms with E-state index in [1.54, 1.807) is 12.1 Å². The van der Waals surface area contributed by atoms with Gasteiger partial charge in [-0.15, -0.1) is 0 Å². The topological polar surface area (TPSA) is 52.6 Å². The first kappa shape index (κ1) is 12.7. The van der Waals surface area contributed by atoms with Crippen molar-refractivity contribution < 1.29 is 9.90 Å². The summed E-state index contributed by atoms with van der Waals surface area (Å²) >= 11 is 0. The molecule has 0 radical (unpaired) electrons. The average Bonchev–Trinajstić information content (AvgIpc) is 2.42. The highest BCUT2D eigenvalue weighted by Crippen LogP contribution is 2.10. The van der Waals surface area contributed by atoms with Gasteiger partial charge in [0.05, 0.1) is 0 Å². The predicted molar refractivity (Wildman–Crippen MR) is 70.6 cm³/mol. The molecule has 4 nitrogen and oxygen atoms in total. The first-order valence-corrected chi connectivity index (χ1v) is 6.56. The van der Waals surface area contributed by atoms with Crippen LogP contribution in [0.2, 0.25) is 0 Å². The van der Waals surface area contributed by atoms with Crippen molar-refractivity contribution in [3.05, 3.63) is 29.8 Å². The van der Waals surface area contributed by atoms with Gasteiger partial charge in [0.1, 0.15) is 5.75 Å². The highest BCUT2D eigenvalue weighted by molar-refractivity contribution is 5.74. The van der Waals surface area contributed by atoms with Gasteiger partial charge >= 0.3 is 6.03 Å². The quantitative estimate of drug-likeness (QED) is 0.861. The van der Waals surface area contributed by atoms with Crippen molar-refractivity contribution in [3.63, 3.8) is 0 Å². The van der Waals surface area contributed by atoms with E-state index in [0.717, 1.165) is 37.9 Å². The molecule has 1 heterocycles. The third-order valence-corrected chi connectivity index (χ3v) is 3.27. The minimum atomic E-state index is 0.0495. The van der Waals surface area contributed by atoms with Gasteiger partial charge in [-0.3, -0.25) is 0 Å². The van der Waals surface area contributed by atoms with Crippen LogP contribution < -0.4 is 5.32 Å². The molecule has 0 saturated carbocycles. The number of hydrogen-bond acceptors (Lipinski definition) is 2. The predicted octanol–water partition coefficient (Wildman–Crippen LogP) is 2.13. The highest BCUT2D eigenvalue weighted by atomic mass is 16.3. The van der Waals surface area contributed by atoms with E-state index >= 15 is 0 Å². The third-order valence-electron chi connectivity index (χ3n) is 3.27. The third kappa shape index (κ3) is 3.65. The second kappa shape index (κ2) is 6.28. The summed E-state index contributed by atoms with van der Waals surface area (Å²) in [5.74, 6) is 0.274. The standard InChI is InChI=1S/C14H20N2O2/c17-13-6-4-12(5-7-13)8-9-15-14(18)16-10-2-1-3-11-16/h4-7,17H,1-3,8-11H2,(H,15,18). The van der Waals surface area contributed by atoms with Crippen molar-refractivity contribution >= 4 is 6.03 Å². The van der Waals surface area contributed by atoms with Gasteiger partial charge in [0.25, 0.3) is 0 Å². The maximum Gasteiger partial charge on any atom is 0.317 e. The fourth-order valence-electron chi connectivity index (χ4n) is 2.19. The smallest absolute Gasteiger partial charge is 0.317 e. The van der Waals surface area contributed by atoms with E-state index in [4.69, 9.17) is 5.11 Å². The van der Waals surface area contributed by atoms with Crippen LogP contribution in [0.5, 0.6) is 5.75 Å². The van der Waals surface area contributed by atoms with Crippen molar-refractivity contribution in [2.45, 2.75) is 25.7 Å². The van der Waals surface area contributed by atoms with Gasteiger partial charge in [0.2, 0.25) is 0 Å². The Morgan fingerprint density at radius 3 is 2.50 bits per heavy atom. The van der Waals surface area contributed by atoms with E-state index in [-0.39, 0.29) is 11.8 Å². The molecule has 1 saturated heterocycles. The molecule has 98 valence electrons. The highest BCUT2D eigenvalue weighted by Gasteiger charge is 2.15. The number of nitrogens with zero attached hydrogens (tertiary/aromatic N) is 1. The molecule has 2 N–H and O–H groups in total. The number of nitrogens with one attached hydrogen (secondary N) is 1. The average molecular weight is 248 g/mol. The molecule has 18 heavy (non-hydrogen) atoms. The van der Waals surface area contributed by atoms with Crippen molar-refractivity contribution in [3.8, 4) is 5.75 Å². The van der Waals surface area contributed by atoms with Crippen LogP contribution in [0.15, 0.2) is 24.3 Å². The Kier molecular flexibility index (Phi) is 4.45. The van der Waals surface area contributed by atoms with Crippen LogP contribution in [0.1, 0.15) is 24.8 Å². The van der Waals surface area contributed by atoms with Crippen LogP contribution in [0, 0.1) is 0 Å². The van der Waals surface area contributed by atoms with Crippen LogP contribution in [0.3, 0.4) is 0 Å². The number of likely N-dealkylation sites (tertiary alicyclic amines) is 1. The lowest BCUT2D eigenvalue weighted by Gasteiger charge is -2.26. The van der Waals surface area contributed by atoms with Gasteiger partial charge in [-0.05, 0) is 43.4 Å². The van der Waals surface area contributed by atoms with Crippen molar-refractivity contribution in [1.29, 1.82) is 0 Å². The second-order valence-corrected chi connectivity index (χ2v) is 4.70. The number of benzene rings is 1. The number of carbonyl (C=O) groups excluding carboxylic acids is 1. The lowest BCUT2D eigenvalue weighted by molar-refractivity contribution is 0.186. The number of amides is 2.